The van der Waals surface area contributed by atoms with Gasteiger partial charge in [0.15, 0.2) is 0 Å². The first-order valence-corrected chi connectivity index (χ1v) is 7.44. The molecule has 2 aromatic carbocycles. The molecule has 2 nitrogen and oxygen atoms in total. The lowest BCUT2D eigenvalue weighted by atomic mass is 9.95. The van der Waals surface area contributed by atoms with Crippen molar-refractivity contribution in [3.63, 3.8) is 0 Å². The number of hydrogen-bond donors (Lipinski definition) is 1. The smallest absolute Gasteiger partial charge is 0.0708 e. The van der Waals surface area contributed by atoms with Crippen LogP contribution in [0.25, 0.3) is 10.9 Å². The van der Waals surface area contributed by atoms with Crippen molar-refractivity contribution in [1.82, 2.24) is 10.3 Å². The Hall–Kier alpha value is -2.19. The molecule has 3 aromatic rings. The van der Waals surface area contributed by atoms with Crippen LogP contribution >= 0.6 is 0 Å². The number of aromatic nitrogens is 1. The fourth-order valence-corrected chi connectivity index (χ4v) is 2.84. The van der Waals surface area contributed by atoms with Gasteiger partial charge in [0.1, 0.15) is 0 Å². The Bertz CT molecular complexity index is 735. The van der Waals surface area contributed by atoms with E-state index in [0.717, 1.165) is 17.8 Å². The molecule has 0 aliphatic rings. The number of fused-ring (bicyclic) bond motifs is 1. The highest BCUT2D eigenvalue weighted by Crippen LogP contribution is 2.28. The summed E-state index contributed by atoms with van der Waals surface area (Å²) in [6, 6.07) is 21.4. The minimum absolute atomic E-state index is 0.197. The fraction of sp³-hybridized carbons (Fsp3) is 0.211. The van der Waals surface area contributed by atoms with Crippen molar-refractivity contribution in [3.05, 3.63) is 77.5 Å². The Labute approximate surface area is 125 Å². The van der Waals surface area contributed by atoms with Crippen molar-refractivity contribution in [2.24, 2.45) is 0 Å². The fourth-order valence-electron chi connectivity index (χ4n) is 2.84. The van der Waals surface area contributed by atoms with E-state index >= 15 is 0 Å². The average molecular weight is 276 g/mol. The van der Waals surface area contributed by atoms with Crippen molar-refractivity contribution >= 4 is 10.9 Å². The molecule has 1 N–H and O–H groups in total. The molecular weight excluding hydrogens is 256 g/mol. The second kappa shape index (κ2) is 6.06. The summed E-state index contributed by atoms with van der Waals surface area (Å²) < 4.78 is 0. The van der Waals surface area contributed by atoms with Crippen molar-refractivity contribution in [3.8, 4) is 0 Å². The van der Waals surface area contributed by atoms with Gasteiger partial charge in [-0.1, -0.05) is 55.5 Å². The third-order valence-electron chi connectivity index (χ3n) is 3.73. The number of rotatable bonds is 4. The zero-order chi connectivity index (χ0) is 14.7. The maximum absolute atomic E-state index is 4.64. The lowest BCUT2D eigenvalue weighted by molar-refractivity contribution is 0.633. The molecule has 1 atom stereocenters. The molecule has 0 amide bonds. The summed E-state index contributed by atoms with van der Waals surface area (Å²) in [6.45, 7) is 5.13. The molecular formula is C19H20N2. The predicted octanol–water partition coefficient (Wildman–Crippen LogP) is 4.24. The first-order valence-electron chi connectivity index (χ1n) is 7.44. The van der Waals surface area contributed by atoms with Crippen LogP contribution in [0.5, 0.6) is 0 Å². The number of benzene rings is 2. The number of nitrogens with zero attached hydrogens (tertiary/aromatic N) is 1. The molecule has 2 heteroatoms. The molecule has 106 valence electrons. The number of aryl methyl sites for hydroxylation is 1. The first-order chi connectivity index (χ1) is 10.3. The zero-order valence-corrected chi connectivity index (χ0v) is 12.5. The molecule has 0 aliphatic heterocycles. The molecule has 1 heterocycles. The second-order valence-corrected chi connectivity index (χ2v) is 5.27. The normalized spacial score (nSPS) is 12.5. The van der Waals surface area contributed by atoms with Crippen molar-refractivity contribution in [2.75, 3.05) is 6.54 Å². The van der Waals surface area contributed by atoms with E-state index in [1.807, 2.05) is 6.07 Å². The number of nitrogens with one attached hydrogen (secondary N) is 1. The first kappa shape index (κ1) is 13.8. The van der Waals surface area contributed by atoms with Crippen LogP contribution in [-0.2, 0) is 0 Å². The quantitative estimate of drug-likeness (QED) is 0.771. The molecule has 1 aromatic heterocycles. The summed E-state index contributed by atoms with van der Waals surface area (Å²) in [7, 11) is 0. The summed E-state index contributed by atoms with van der Waals surface area (Å²) in [5, 5.41) is 4.83. The maximum Gasteiger partial charge on any atom is 0.0708 e. The molecule has 3 rings (SSSR count). The van der Waals surface area contributed by atoms with E-state index < -0.39 is 0 Å². The molecule has 0 saturated carbocycles. The SMILES string of the molecule is CCNC(c1ccccc1)c1cc(C)nc2ccccc12. The van der Waals surface area contributed by atoms with Crippen molar-refractivity contribution in [1.29, 1.82) is 0 Å². The van der Waals surface area contributed by atoms with Crippen molar-refractivity contribution < 1.29 is 0 Å². The average Bonchev–Trinajstić information content (AvgIpc) is 2.52. The zero-order valence-electron chi connectivity index (χ0n) is 12.5. The van der Waals surface area contributed by atoms with Crippen LogP contribution in [0, 0.1) is 6.92 Å². The van der Waals surface area contributed by atoms with Crippen LogP contribution in [-0.4, -0.2) is 11.5 Å². The van der Waals surface area contributed by atoms with E-state index in [-0.39, 0.29) is 6.04 Å². The Balaban J connectivity index is 2.20. The van der Waals surface area contributed by atoms with E-state index in [0.29, 0.717) is 0 Å². The summed E-state index contributed by atoms with van der Waals surface area (Å²) in [5.41, 5.74) is 4.70. The van der Waals surface area contributed by atoms with Gasteiger partial charge in [-0.2, -0.15) is 0 Å². The van der Waals surface area contributed by atoms with Crippen molar-refractivity contribution in [2.45, 2.75) is 19.9 Å². The van der Waals surface area contributed by atoms with Crippen LogP contribution in [0.2, 0.25) is 0 Å². The van der Waals surface area contributed by atoms with Crippen LogP contribution in [0.4, 0.5) is 0 Å². The highest BCUT2D eigenvalue weighted by atomic mass is 14.9. The van der Waals surface area contributed by atoms with Gasteiger partial charge in [0.25, 0.3) is 0 Å². The Morgan fingerprint density at radius 3 is 2.48 bits per heavy atom. The third kappa shape index (κ3) is 2.81. The standard InChI is InChI=1S/C19H20N2/c1-3-20-19(15-9-5-4-6-10-15)17-13-14(2)21-18-12-8-7-11-16(17)18/h4-13,19-20H,3H2,1-2H3. The summed E-state index contributed by atoms with van der Waals surface area (Å²) >= 11 is 0. The minimum Gasteiger partial charge on any atom is -0.307 e. The number of para-hydroxylation sites is 1. The molecule has 0 aliphatic carbocycles. The van der Waals surface area contributed by atoms with E-state index in [4.69, 9.17) is 0 Å². The van der Waals surface area contributed by atoms with E-state index in [2.05, 4.69) is 78.7 Å². The van der Waals surface area contributed by atoms with Crippen LogP contribution in [0.15, 0.2) is 60.7 Å². The lowest BCUT2D eigenvalue weighted by Gasteiger charge is -2.21. The largest absolute Gasteiger partial charge is 0.307 e. The van der Waals surface area contributed by atoms with Gasteiger partial charge in [-0.3, -0.25) is 4.98 Å². The highest BCUT2D eigenvalue weighted by molar-refractivity contribution is 5.83. The van der Waals surface area contributed by atoms with E-state index in [9.17, 15) is 0 Å². The van der Waals surface area contributed by atoms with Crippen LogP contribution in [0.3, 0.4) is 0 Å². The molecule has 0 saturated heterocycles. The summed E-state index contributed by atoms with van der Waals surface area (Å²) in [5.74, 6) is 0. The Morgan fingerprint density at radius 2 is 1.71 bits per heavy atom. The van der Waals surface area contributed by atoms with Gasteiger partial charge in [0.05, 0.1) is 11.6 Å². The Kier molecular flexibility index (Phi) is 3.98. The van der Waals surface area contributed by atoms with Gasteiger partial charge >= 0.3 is 0 Å². The second-order valence-electron chi connectivity index (χ2n) is 5.27. The molecule has 0 fully saturated rings. The molecule has 0 spiro atoms. The lowest BCUT2D eigenvalue weighted by Crippen LogP contribution is -2.22. The van der Waals surface area contributed by atoms with Gasteiger partial charge < -0.3 is 5.32 Å². The van der Waals surface area contributed by atoms with Gasteiger partial charge in [0.2, 0.25) is 0 Å². The van der Waals surface area contributed by atoms with E-state index in [1.165, 1.54) is 16.5 Å². The van der Waals surface area contributed by atoms with Gasteiger partial charge in [-0.25, -0.2) is 0 Å². The molecule has 1 unspecified atom stereocenters. The topological polar surface area (TPSA) is 24.9 Å². The third-order valence-corrected chi connectivity index (χ3v) is 3.73. The van der Waals surface area contributed by atoms with E-state index in [1.54, 1.807) is 0 Å². The number of pyridine rings is 1. The molecule has 0 bridgehead atoms. The van der Waals surface area contributed by atoms with Gasteiger partial charge in [0, 0.05) is 11.1 Å². The minimum atomic E-state index is 0.197. The molecule has 21 heavy (non-hydrogen) atoms. The monoisotopic (exact) mass is 276 g/mol. The maximum atomic E-state index is 4.64. The van der Waals surface area contributed by atoms with Crippen LogP contribution < -0.4 is 5.32 Å². The predicted molar refractivity (Wildman–Crippen MR) is 88.4 cm³/mol. The van der Waals surface area contributed by atoms with Crippen LogP contribution in [0.1, 0.15) is 29.8 Å². The Morgan fingerprint density at radius 1 is 1.00 bits per heavy atom. The summed E-state index contributed by atoms with van der Waals surface area (Å²) in [6.07, 6.45) is 0. The highest BCUT2D eigenvalue weighted by Gasteiger charge is 2.16. The van der Waals surface area contributed by atoms with Gasteiger partial charge in [-0.15, -0.1) is 0 Å². The number of hydrogen-bond acceptors (Lipinski definition) is 2. The summed E-state index contributed by atoms with van der Waals surface area (Å²) in [4.78, 5) is 4.64. The molecule has 0 radical (unpaired) electrons. The van der Waals surface area contributed by atoms with Gasteiger partial charge in [-0.05, 0) is 36.7 Å².